The number of carbonyl (C=O) groups excluding carboxylic acids is 2. The lowest BCUT2D eigenvalue weighted by Gasteiger charge is -2.13. The number of ketones is 1. The molecule has 34 heavy (non-hydrogen) atoms. The average Bonchev–Trinajstić information content (AvgIpc) is 3.50. The maximum atomic E-state index is 13.3. The molecule has 3 aromatic heterocycles. The lowest BCUT2D eigenvalue weighted by molar-refractivity contribution is 0.0599. The largest absolute Gasteiger partial charge is 0.469 e. The minimum Gasteiger partial charge on any atom is -0.469 e. The van der Waals surface area contributed by atoms with Crippen LogP contribution in [-0.2, 0) is 11.3 Å². The highest BCUT2D eigenvalue weighted by atomic mass is 32.2. The molecule has 0 aliphatic carbocycles. The molecule has 0 saturated heterocycles. The van der Waals surface area contributed by atoms with E-state index in [1.807, 2.05) is 54.8 Å². The van der Waals surface area contributed by atoms with E-state index < -0.39 is 11.2 Å². The highest BCUT2D eigenvalue weighted by molar-refractivity contribution is 8.00. The van der Waals surface area contributed by atoms with Crippen LogP contribution in [0.1, 0.15) is 50.4 Å². The minimum atomic E-state index is -0.473. The van der Waals surface area contributed by atoms with Crippen LogP contribution < -0.4 is 0 Å². The lowest BCUT2D eigenvalue weighted by atomic mass is 10.1. The summed E-state index contributed by atoms with van der Waals surface area (Å²) in [7, 11) is 1.33. The fraction of sp³-hybridized carbons (Fsp3) is 0.280. The highest BCUT2D eigenvalue weighted by Gasteiger charge is 2.28. The Balaban J connectivity index is 1.66. The third-order valence-electron chi connectivity index (χ3n) is 5.72. The standard InChI is InChI=1S/C25H26N4O4S/c1-14-20(24(31)32-5)15(2)26-21(14)22(30)17(4)34-25-28-27-23(19-11-12-33-16(19)3)29(25)13-18-9-7-6-8-10-18/h6-12,17,26H,13H2,1-5H3. The van der Waals surface area contributed by atoms with Gasteiger partial charge in [-0.25, -0.2) is 4.79 Å². The van der Waals surface area contributed by atoms with Crippen molar-refractivity contribution in [2.75, 3.05) is 7.11 Å². The number of ether oxygens (including phenoxy) is 1. The molecule has 0 aliphatic heterocycles. The molecule has 3 heterocycles. The monoisotopic (exact) mass is 478 g/mol. The van der Waals surface area contributed by atoms with Gasteiger partial charge in [-0.05, 0) is 44.9 Å². The molecule has 4 rings (SSSR count). The molecule has 1 atom stereocenters. The zero-order valence-electron chi connectivity index (χ0n) is 19.7. The first-order chi connectivity index (χ1) is 16.3. The summed E-state index contributed by atoms with van der Waals surface area (Å²) in [6, 6.07) is 11.9. The lowest BCUT2D eigenvalue weighted by Crippen LogP contribution is -2.17. The van der Waals surface area contributed by atoms with Gasteiger partial charge in [0.05, 0.1) is 42.0 Å². The van der Waals surface area contributed by atoms with E-state index >= 15 is 0 Å². The number of Topliss-reactive ketones (excluding diaryl/α,β-unsaturated/α-hetero) is 1. The van der Waals surface area contributed by atoms with Gasteiger partial charge >= 0.3 is 5.97 Å². The molecule has 0 saturated carbocycles. The predicted molar refractivity (Wildman–Crippen MR) is 129 cm³/mol. The molecule has 176 valence electrons. The van der Waals surface area contributed by atoms with Crippen molar-refractivity contribution in [1.82, 2.24) is 19.7 Å². The van der Waals surface area contributed by atoms with Crippen molar-refractivity contribution in [2.24, 2.45) is 0 Å². The molecule has 0 radical (unpaired) electrons. The number of carbonyl (C=O) groups is 2. The molecule has 8 nitrogen and oxygen atoms in total. The number of furan rings is 1. The second-order valence-electron chi connectivity index (χ2n) is 8.01. The van der Waals surface area contributed by atoms with E-state index in [9.17, 15) is 9.59 Å². The summed E-state index contributed by atoms with van der Waals surface area (Å²) in [5.74, 6) is 0.830. The summed E-state index contributed by atoms with van der Waals surface area (Å²) in [6.45, 7) is 7.75. The van der Waals surface area contributed by atoms with Crippen LogP contribution >= 0.6 is 11.8 Å². The van der Waals surface area contributed by atoms with Crippen LogP contribution in [0.15, 0.2) is 52.2 Å². The quantitative estimate of drug-likeness (QED) is 0.216. The summed E-state index contributed by atoms with van der Waals surface area (Å²) in [5, 5.41) is 8.98. The van der Waals surface area contributed by atoms with Gasteiger partial charge in [-0.3, -0.25) is 9.36 Å². The maximum Gasteiger partial charge on any atom is 0.339 e. The smallest absolute Gasteiger partial charge is 0.339 e. The Morgan fingerprint density at radius 2 is 1.88 bits per heavy atom. The highest BCUT2D eigenvalue weighted by Crippen LogP contribution is 2.31. The number of nitrogens with one attached hydrogen (secondary N) is 1. The fourth-order valence-electron chi connectivity index (χ4n) is 3.92. The van der Waals surface area contributed by atoms with E-state index in [0.29, 0.717) is 40.0 Å². The Morgan fingerprint density at radius 3 is 2.53 bits per heavy atom. The zero-order valence-corrected chi connectivity index (χ0v) is 20.5. The van der Waals surface area contributed by atoms with Crippen LogP contribution in [0, 0.1) is 20.8 Å². The molecule has 1 aromatic carbocycles. The number of aromatic amines is 1. The molecule has 1 N–H and O–H groups in total. The van der Waals surface area contributed by atoms with E-state index in [1.54, 1.807) is 20.1 Å². The Labute approximate surface area is 201 Å². The summed E-state index contributed by atoms with van der Waals surface area (Å²) in [4.78, 5) is 28.5. The predicted octanol–water partition coefficient (Wildman–Crippen LogP) is 4.99. The Kier molecular flexibility index (Phi) is 6.74. The van der Waals surface area contributed by atoms with Crippen LogP contribution in [-0.4, -0.2) is 43.9 Å². The average molecular weight is 479 g/mol. The van der Waals surface area contributed by atoms with Gasteiger partial charge in [-0.15, -0.1) is 10.2 Å². The van der Waals surface area contributed by atoms with E-state index in [4.69, 9.17) is 9.15 Å². The van der Waals surface area contributed by atoms with Gasteiger partial charge in [0.15, 0.2) is 16.8 Å². The van der Waals surface area contributed by atoms with Gasteiger partial charge in [-0.1, -0.05) is 42.1 Å². The molecule has 4 aromatic rings. The van der Waals surface area contributed by atoms with Gasteiger partial charge < -0.3 is 14.1 Å². The van der Waals surface area contributed by atoms with Crippen LogP contribution in [0.3, 0.4) is 0 Å². The number of methoxy groups -OCH3 is 1. The van der Waals surface area contributed by atoms with Crippen LogP contribution in [0.2, 0.25) is 0 Å². The molecule has 0 amide bonds. The number of hydrogen-bond donors (Lipinski definition) is 1. The second-order valence-corrected chi connectivity index (χ2v) is 9.32. The number of esters is 1. The van der Waals surface area contributed by atoms with E-state index in [2.05, 4.69) is 15.2 Å². The Hall–Kier alpha value is -3.59. The van der Waals surface area contributed by atoms with Gasteiger partial charge in [0.25, 0.3) is 0 Å². The number of rotatable bonds is 8. The molecule has 0 spiro atoms. The topological polar surface area (TPSA) is 103 Å². The minimum absolute atomic E-state index is 0.129. The molecule has 0 aliphatic rings. The fourth-order valence-corrected chi connectivity index (χ4v) is 4.83. The van der Waals surface area contributed by atoms with Crippen molar-refractivity contribution < 1.29 is 18.7 Å². The number of aryl methyl sites for hydroxylation is 2. The van der Waals surface area contributed by atoms with Crippen molar-refractivity contribution in [2.45, 2.75) is 44.6 Å². The molecular formula is C25H26N4O4S. The van der Waals surface area contributed by atoms with Crippen molar-refractivity contribution in [3.8, 4) is 11.4 Å². The number of H-pyrrole nitrogens is 1. The third kappa shape index (κ3) is 4.43. The summed E-state index contributed by atoms with van der Waals surface area (Å²) >= 11 is 1.33. The van der Waals surface area contributed by atoms with Crippen molar-refractivity contribution >= 4 is 23.5 Å². The van der Waals surface area contributed by atoms with Gasteiger partial charge in [0, 0.05) is 5.69 Å². The Morgan fingerprint density at radius 1 is 1.15 bits per heavy atom. The molecule has 9 heteroatoms. The molecule has 0 fully saturated rings. The Bertz CT molecular complexity index is 1340. The van der Waals surface area contributed by atoms with Gasteiger partial charge in [0.2, 0.25) is 0 Å². The first-order valence-corrected chi connectivity index (χ1v) is 11.7. The van der Waals surface area contributed by atoms with Crippen LogP contribution in [0.25, 0.3) is 11.4 Å². The van der Waals surface area contributed by atoms with E-state index in [0.717, 1.165) is 16.9 Å². The normalized spacial score (nSPS) is 12.0. The number of hydrogen-bond acceptors (Lipinski definition) is 7. The number of thioether (sulfide) groups is 1. The number of benzene rings is 1. The van der Waals surface area contributed by atoms with Crippen molar-refractivity contribution in [1.29, 1.82) is 0 Å². The summed E-state index contributed by atoms with van der Waals surface area (Å²) in [5.41, 5.74) is 3.93. The molecule has 1 unspecified atom stereocenters. The zero-order chi connectivity index (χ0) is 24.4. The summed E-state index contributed by atoms with van der Waals surface area (Å²) in [6.07, 6.45) is 1.63. The first-order valence-electron chi connectivity index (χ1n) is 10.8. The van der Waals surface area contributed by atoms with Crippen molar-refractivity contribution in [3.05, 3.63) is 76.5 Å². The van der Waals surface area contributed by atoms with Gasteiger partial charge in [0.1, 0.15) is 5.76 Å². The van der Waals surface area contributed by atoms with Crippen LogP contribution in [0.4, 0.5) is 0 Å². The number of nitrogens with zero attached hydrogens (tertiary/aromatic N) is 3. The summed E-state index contributed by atoms with van der Waals surface area (Å²) < 4.78 is 12.3. The third-order valence-corrected chi connectivity index (χ3v) is 6.81. The van der Waals surface area contributed by atoms with Gasteiger partial charge in [-0.2, -0.15) is 0 Å². The maximum absolute atomic E-state index is 13.3. The molecule has 0 bridgehead atoms. The first kappa shape index (κ1) is 23.6. The van der Waals surface area contributed by atoms with E-state index in [1.165, 1.54) is 18.9 Å². The van der Waals surface area contributed by atoms with E-state index in [-0.39, 0.29) is 5.78 Å². The SMILES string of the molecule is COC(=O)c1c(C)[nH]c(C(=O)C(C)Sc2nnc(-c3ccoc3C)n2Cc2ccccc2)c1C. The molecular weight excluding hydrogens is 452 g/mol. The van der Waals surface area contributed by atoms with Crippen molar-refractivity contribution in [3.63, 3.8) is 0 Å². The van der Waals surface area contributed by atoms with Crippen LogP contribution in [0.5, 0.6) is 0 Å². The number of aromatic nitrogens is 4. The second kappa shape index (κ2) is 9.72.